The minimum atomic E-state index is -0.446. The fourth-order valence-electron chi connectivity index (χ4n) is 2.57. The summed E-state index contributed by atoms with van der Waals surface area (Å²) in [5.41, 5.74) is 10.0. The van der Waals surface area contributed by atoms with Gasteiger partial charge in [0.2, 0.25) is 0 Å². The number of halogens is 2. The maximum Gasteiger partial charge on any atom is 0.258 e. The standard InChI is InChI=1S/C17H16Cl2N4O2/c18-11-4-5-13(14(19)7-11)15-8-16(22-21-15)17(25)23-20-9-10-2-1-3-12(24)6-10/h1-7,9,15-16,21-22,24H,8H2,(H,23,25)/b20-9+. The minimum absolute atomic E-state index is 0.101. The largest absolute Gasteiger partial charge is 0.508 e. The van der Waals surface area contributed by atoms with Gasteiger partial charge in [-0.1, -0.05) is 41.4 Å². The Kier molecular flexibility index (Phi) is 5.55. The first kappa shape index (κ1) is 17.7. The molecule has 0 saturated carbocycles. The van der Waals surface area contributed by atoms with Crippen LogP contribution in [-0.2, 0) is 4.79 Å². The maximum atomic E-state index is 12.2. The smallest absolute Gasteiger partial charge is 0.258 e. The molecule has 1 aliphatic heterocycles. The number of nitrogens with zero attached hydrogens (tertiary/aromatic N) is 1. The van der Waals surface area contributed by atoms with Crippen molar-refractivity contribution in [2.45, 2.75) is 18.5 Å². The van der Waals surface area contributed by atoms with E-state index >= 15 is 0 Å². The summed E-state index contributed by atoms with van der Waals surface area (Å²) in [4.78, 5) is 12.2. The van der Waals surface area contributed by atoms with Crippen LogP contribution >= 0.6 is 23.2 Å². The third-order valence-electron chi connectivity index (χ3n) is 3.82. The molecule has 1 heterocycles. The van der Waals surface area contributed by atoms with Crippen LogP contribution in [-0.4, -0.2) is 23.3 Å². The zero-order chi connectivity index (χ0) is 17.8. The second-order valence-corrected chi connectivity index (χ2v) is 6.47. The molecule has 2 aromatic carbocycles. The van der Waals surface area contributed by atoms with Crippen LogP contribution in [0.25, 0.3) is 0 Å². The fourth-order valence-corrected chi connectivity index (χ4v) is 3.11. The summed E-state index contributed by atoms with van der Waals surface area (Å²) in [6, 6.07) is 11.3. The van der Waals surface area contributed by atoms with Crippen molar-refractivity contribution in [3.05, 3.63) is 63.6 Å². The Labute approximate surface area is 154 Å². The van der Waals surface area contributed by atoms with Crippen molar-refractivity contribution in [2.24, 2.45) is 5.10 Å². The number of hydrazine groups is 1. The molecule has 25 heavy (non-hydrogen) atoms. The van der Waals surface area contributed by atoms with E-state index < -0.39 is 6.04 Å². The normalized spacial score (nSPS) is 20.1. The molecule has 0 radical (unpaired) electrons. The Bertz CT molecular complexity index is 813. The van der Waals surface area contributed by atoms with Crippen molar-refractivity contribution in [3.63, 3.8) is 0 Å². The molecule has 1 fully saturated rings. The molecule has 8 heteroatoms. The van der Waals surface area contributed by atoms with Crippen LogP contribution in [0.15, 0.2) is 47.6 Å². The molecule has 2 unspecified atom stereocenters. The lowest BCUT2D eigenvalue weighted by Crippen LogP contribution is -2.41. The van der Waals surface area contributed by atoms with Gasteiger partial charge in [0.15, 0.2) is 0 Å². The molecular formula is C17H16Cl2N4O2. The summed E-state index contributed by atoms with van der Waals surface area (Å²) in [6.07, 6.45) is 1.99. The molecule has 130 valence electrons. The molecular weight excluding hydrogens is 363 g/mol. The molecule has 0 aromatic heterocycles. The van der Waals surface area contributed by atoms with Crippen LogP contribution in [0.4, 0.5) is 0 Å². The Morgan fingerprint density at radius 2 is 2.08 bits per heavy atom. The van der Waals surface area contributed by atoms with Gasteiger partial charge in [0.05, 0.1) is 6.21 Å². The highest BCUT2D eigenvalue weighted by molar-refractivity contribution is 6.35. The zero-order valence-corrected chi connectivity index (χ0v) is 14.6. The van der Waals surface area contributed by atoms with Crippen molar-refractivity contribution in [1.82, 2.24) is 16.3 Å². The van der Waals surface area contributed by atoms with E-state index in [1.165, 1.54) is 6.21 Å². The number of carbonyl (C=O) groups excluding carboxylic acids is 1. The number of amides is 1. The molecule has 0 spiro atoms. The number of hydrazone groups is 1. The van der Waals surface area contributed by atoms with Gasteiger partial charge < -0.3 is 5.11 Å². The SMILES string of the molecule is O=C(N/N=C/c1cccc(O)c1)C1CC(c2ccc(Cl)cc2Cl)NN1. The van der Waals surface area contributed by atoms with Crippen LogP contribution in [0, 0.1) is 0 Å². The van der Waals surface area contributed by atoms with Gasteiger partial charge in [0.1, 0.15) is 11.8 Å². The molecule has 3 rings (SSSR count). The van der Waals surface area contributed by atoms with Crippen LogP contribution in [0.3, 0.4) is 0 Å². The van der Waals surface area contributed by atoms with Crippen molar-refractivity contribution < 1.29 is 9.90 Å². The summed E-state index contributed by atoms with van der Waals surface area (Å²) < 4.78 is 0. The number of hydrogen-bond donors (Lipinski definition) is 4. The second-order valence-electron chi connectivity index (χ2n) is 5.62. The number of carbonyl (C=O) groups is 1. The molecule has 6 nitrogen and oxygen atoms in total. The summed E-state index contributed by atoms with van der Waals surface area (Å²) >= 11 is 12.1. The van der Waals surface area contributed by atoms with Crippen LogP contribution in [0.1, 0.15) is 23.6 Å². The highest BCUT2D eigenvalue weighted by Gasteiger charge is 2.31. The first-order valence-corrected chi connectivity index (χ1v) is 8.36. The predicted molar refractivity (Wildman–Crippen MR) is 97.7 cm³/mol. The Hall–Kier alpha value is -2.12. The minimum Gasteiger partial charge on any atom is -0.508 e. The zero-order valence-electron chi connectivity index (χ0n) is 13.0. The highest BCUT2D eigenvalue weighted by atomic mass is 35.5. The van der Waals surface area contributed by atoms with Gasteiger partial charge in [-0.25, -0.2) is 16.3 Å². The van der Waals surface area contributed by atoms with Gasteiger partial charge in [0, 0.05) is 16.1 Å². The Morgan fingerprint density at radius 3 is 2.84 bits per heavy atom. The van der Waals surface area contributed by atoms with E-state index in [0.29, 0.717) is 22.0 Å². The Morgan fingerprint density at radius 1 is 1.24 bits per heavy atom. The number of rotatable bonds is 4. The Balaban J connectivity index is 1.57. The number of aromatic hydroxyl groups is 1. The van der Waals surface area contributed by atoms with Gasteiger partial charge in [-0.2, -0.15) is 5.10 Å². The van der Waals surface area contributed by atoms with E-state index in [0.717, 1.165) is 5.56 Å². The molecule has 1 saturated heterocycles. The van der Waals surface area contributed by atoms with Crippen LogP contribution in [0.5, 0.6) is 5.75 Å². The molecule has 4 N–H and O–H groups in total. The van der Waals surface area contributed by atoms with Crippen molar-refractivity contribution in [3.8, 4) is 5.75 Å². The third-order valence-corrected chi connectivity index (χ3v) is 4.38. The first-order valence-electron chi connectivity index (χ1n) is 7.61. The van der Waals surface area contributed by atoms with Crippen molar-refractivity contribution >= 4 is 35.3 Å². The summed E-state index contributed by atoms with van der Waals surface area (Å²) in [7, 11) is 0. The van der Waals surface area contributed by atoms with E-state index in [9.17, 15) is 9.90 Å². The van der Waals surface area contributed by atoms with E-state index in [4.69, 9.17) is 23.2 Å². The summed E-state index contributed by atoms with van der Waals surface area (Å²) in [6.45, 7) is 0. The van der Waals surface area contributed by atoms with Gasteiger partial charge in [-0.15, -0.1) is 0 Å². The highest BCUT2D eigenvalue weighted by Crippen LogP contribution is 2.30. The quantitative estimate of drug-likeness (QED) is 0.486. The molecule has 1 amide bonds. The second kappa shape index (κ2) is 7.84. The lowest BCUT2D eigenvalue weighted by atomic mass is 10.0. The monoisotopic (exact) mass is 378 g/mol. The van der Waals surface area contributed by atoms with Gasteiger partial charge >= 0.3 is 0 Å². The van der Waals surface area contributed by atoms with E-state index in [2.05, 4.69) is 21.4 Å². The fraction of sp³-hybridized carbons (Fsp3) is 0.176. The number of phenolic OH excluding ortho intramolecular Hbond substituents is 1. The van der Waals surface area contributed by atoms with E-state index in [1.807, 2.05) is 6.07 Å². The average Bonchev–Trinajstić information content (AvgIpc) is 3.04. The number of nitrogens with one attached hydrogen (secondary N) is 3. The third kappa shape index (κ3) is 4.49. The summed E-state index contributed by atoms with van der Waals surface area (Å²) in [5, 5.41) is 14.4. The molecule has 0 bridgehead atoms. The molecule has 1 aliphatic rings. The summed E-state index contributed by atoms with van der Waals surface area (Å²) in [5.74, 6) is -0.129. The predicted octanol–water partition coefficient (Wildman–Crippen LogP) is 2.76. The lowest BCUT2D eigenvalue weighted by molar-refractivity contribution is -0.122. The maximum absolute atomic E-state index is 12.2. The van der Waals surface area contributed by atoms with Crippen LogP contribution in [0.2, 0.25) is 10.0 Å². The molecule has 2 aromatic rings. The van der Waals surface area contributed by atoms with E-state index in [1.54, 1.807) is 36.4 Å². The van der Waals surface area contributed by atoms with Gasteiger partial charge in [-0.3, -0.25) is 4.79 Å². The average molecular weight is 379 g/mol. The lowest BCUT2D eigenvalue weighted by Gasteiger charge is -2.11. The first-order chi connectivity index (χ1) is 12.0. The van der Waals surface area contributed by atoms with E-state index in [-0.39, 0.29) is 17.7 Å². The topological polar surface area (TPSA) is 85.8 Å². The van der Waals surface area contributed by atoms with Crippen molar-refractivity contribution in [2.75, 3.05) is 0 Å². The molecule has 0 aliphatic carbocycles. The number of benzene rings is 2. The van der Waals surface area contributed by atoms with Gasteiger partial charge in [0.25, 0.3) is 5.91 Å². The van der Waals surface area contributed by atoms with Crippen molar-refractivity contribution in [1.29, 1.82) is 0 Å². The van der Waals surface area contributed by atoms with Gasteiger partial charge in [-0.05, 0) is 41.8 Å². The molecule has 2 atom stereocenters. The number of phenols is 1. The van der Waals surface area contributed by atoms with Crippen LogP contribution < -0.4 is 16.3 Å². The number of hydrogen-bond acceptors (Lipinski definition) is 5.